The molecule has 2 heterocycles. The maximum atomic E-state index is 3.85. The molecule has 0 saturated heterocycles. The van der Waals surface area contributed by atoms with Crippen LogP contribution in [0.2, 0.25) is 0 Å². The molecule has 4 heteroatoms. The van der Waals surface area contributed by atoms with E-state index in [9.17, 15) is 0 Å². The van der Waals surface area contributed by atoms with Crippen molar-refractivity contribution in [2.75, 3.05) is 0 Å². The first-order chi connectivity index (χ1) is 8.66. The Balaban J connectivity index is 2.12. The first-order valence-electron chi connectivity index (χ1n) is 5.53. The van der Waals surface area contributed by atoms with Crippen molar-refractivity contribution in [3.63, 3.8) is 0 Å². The predicted octanol–water partition coefficient (Wildman–Crippen LogP) is 6.52. The van der Waals surface area contributed by atoms with E-state index in [1.54, 1.807) is 11.3 Å². The van der Waals surface area contributed by atoms with Crippen molar-refractivity contribution in [3.8, 4) is 0 Å². The molecule has 0 N–H and O–H groups in total. The Labute approximate surface area is 131 Å². The molecular weight excluding hydrogens is 392 g/mol. The number of fused-ring (bicyclic) bond motifs is 1. The summed E-state index contributed by atoms with van der Waals surface area (Å²) in [7, 11) is 0. The number of aryl methyl sites for hydroxylation is 1. The van der Waals surface area contributed by atoms with Crippen LogP contribution in [-0.4, -0.2) is 0 Å². The summed E-state index contributed by atoms with van der Waals surface area (Å²) in [6.07, 6.45) is 0. The van der Waals surface area contributed by atoms with Crippen LogP contribution in [0.5, 0.6) is 0 Å². The van der Waals surface area contributed by atoms with Crippen LogP contribution < -0.4 is 0 Å². The van der Waals surface area contributed by atoms with Crippen molar-refractivity contribution in [1.82, 2.24) is 0 Å². The van der Waals surface area contributed by atoms with Gasteiger partial charge in [-0.05, 0) is 56.9 Å². The number of alkyl halides is 1. The van der Waals surface area contributed by atoms with Crippen LogP contribution >= 0.6 is 54.5 Å². The fourth-order valence-corrected chi connectivity index (χ4v) is 5.99. The molecule has 0 spiro atoms. The normalized spacial score (nSPS) is 13.1. The molecule has 92 valence electrons. The summed E-state index contributed by atoms with van der Waals surface area (Å²) in [4.78, 5) is 1.63. The maximum absolute atomic E-state index is 3.85. The lowest BCUT2D eigenvalue weighted by molar-refractivity contribution is 1.20. The van der Waals surface area contributed by atoms with Crippen molar-refractivity contribution in [3.05, 3.63) is 55.5 Å². The molecule has 3 rings (SSSR count). The zero-order valence-electron chi connectivity index (χ0n) is 9.61. The lowest BCUT2D eigenvalue weighted by atomic mass is 10.1. The highest BCUT2D eigenvalue weighted by molar-refractivity contribution is 9.11. The predicted molar refractivity (Wildman–Crippen MR) is 89.4 cm³/mol. The summed E-state index contributed by atoms with van der Waals surface area (Å²) in [6.45, 7) is 2.17. The highest BCUT2D eigenvalue weighted by Gasteiger charge is 2.18. The number of rotatable bonds is 2. The molecule has 0 fully saturated rings. The SMILES string of the molecule is Cc1sc(Br)cc1C(Br)c1csc2ccccc12. The molecule has 1 unspecified atom stereocenters. The van der Waals surface area contributed by atoms with E-state index in [0.717, 1.165) is 0 Å². The molecule has 0 aliphatic carbocycles. The fraction of sp³-hybridized carbons (Fsp3) is 0.143. The first kappa shape index (κ1) is 12.9. The van der Waals surface area contributed by atoms with Gasteiger partial charge in [0.05, 0.1) is 8.61 Å². The van der Waals surface area contributed by atoms with Gasteiger partial charge in [-0.1, -0.05) is 34.1 Å². The van der Waals surface area contributed by atoms with Crippen LogP contribution in [0.3, 0.4) is 0 Å². The quantitative estimate of drug-likeness (QED) is 0.429. The molecule has 18 heavy (non-hydrogen) atoms. The minimum Gasteiger partial charge on any atom is -0.143 e. The average Bonchev–Trinajstić information content (AvgIpc) is 2.92. The van der Waals surface area contributed by atoms with Gasteiger partial charge in [0.15, 0.2) is 0 Å². The van der Waals surface area contributed by atoms with Crippen molar-refractivity contribution in [2.45, 2.75) is 11.8 Å². The fourth-order valence-electron chi connectivity index (χ4n) is 2.07. The molecule has 0 aliphatic rings. The van der Waals surface area contributed by atoms with E-state index in [1.165, 1.54) is 29.9 Å². The molecule has 0 amide bonds. The lowest BCUT2D eigenvalue weighted by Crippen LogP contribution is -1.90. The minimum atomic E-state index is 0.274. The van der Waals surface area contributed by atoms with Gasteiger partial charge in [0, 0.05) is 9.58 Å². The van der Waals surface area contributed by atoms with E-state index in [4.69, 9.17) is 0 Å². The molecule has 1 atom stereocenters. The van der Waals surface area contributed by atoms with E-state index < -0.39 is 0 Å². The van der Waals surface area contributed by atoms with Gasteiger partial charge >= 0.3 is 0 Å². The largest absolute Gasteiger partial charge is 0.143 e. The van der Waals surface area contributed by atoms with Crippen molar-refractivity contribution in [2.24, 2.45) is 0 Å². The van der Waals surface area contributed by atoms with E-state index in [2.05, 4.69) is 74.5 Å². The van der Waals surface area contributed by atoms with Gasteiger partial charge in [-0.2, -0.15) is 0 Å². The van der Waals surface area contributed by atoms with Crippen molar-refractivity contribution >= 4 is 64.6 Å². The van der Waals surface area contributed by atoms with Crippen LogP contribution in [-0.2, 0) is 0 Å². The third kappa shape index (κ3) is 2.20. The molecule has 1 aromatic carbocycles. The van der Waals surface area contributed by atoms with Crippen molar-refractivity contribution < 1.29 is 0 Å². The Hall–Kier alpha value is -0.160. The minimum absolute atomic E-state index is 0.274. The van der Waals surface area contributed by atoms with E-state index in [1.807, 2.05) is 11.3 Å². The van der Waals surface area contributed by atoms with Crippen LogP contribution in [0.1, 0.15) is 20.8 Å². The van der Waals surface area contributed by atoms with Crippen LogP contribution in [0.15, 0.2) is 39.5 Å². The standard InChI is InChI=1S/C14H10Br2S2/c1-8-10(6-13(15)18-8)14(16)11-7-17-12-5-3-2-4-9(11)12/h2-7,14H,1H3. The Kier molecular flexibility index (Phi) is 3.63. The molecule has 0 bridgehead atoms. The molecule has 0 radical (unpaired) electrons. The second-order valence-electron chi connectivity index (χ2n) is 4.11. The summed E-state index contributed by atoms with van der Waals surface area (Å²) in [5.41, 5.74) is 2.72. The summed E-state index contributed by atoms with van der Waals surface area (Å²) in [5.74, 6) is 0. The maximum Gasteiger partial charge on any atom is 0.0704 e. The zero-order valence-corrected chi connectivity index (χ0v) is 14.4. The third-order valence-corrected chi connectivity index (χ3v) is 6.52. The Morgan fingerprint density at radius 2 is 1.94 bits per heavy atom. The highest BCUT2D eigenvalue weighted by atomic mass is 79.9. The van der Waals surface area contributed by atoms with E-state index in [0.29, 0.717) is 0 Å². The van der Waals surface area contributed by atoms with Gasteiger partial charge in [0.2, 0.25) is 0 Å². The van der Waals surface area contributed by atoms with Crippen molar-refractivity contribution in [1.29, 1.82) is 0 Å². The molecule has 0 saturated carbocycles. The monoisotopic (exact) mass is 400 g/mol. The number of benzene rings is 1. The second kappa shape index (κ2) is 5.08. The number of hydrogen-bond acceptors (Lipinski definition) is 2. The van der Waals surface area contributed by atoms with Gasteiger partial charge in [0.25, 0.3) is 0 Å². The molecule has 2 aromatic heterocycles. The van der Waals surface area contributed by atoms with Gasteiger partial charge in [0.1, 0.15) is 0 Å². The summed E-state index contributed by atoms with van der Waals surface area (Å²) in [5, 5.41) is 3.61. The molecule has 0 aliphatic heterocycles. The second-order valence-corrected chi connectivity index (χ2v) is 8.57. The summed E-state index contributed by atoms with van der Waals surface area (Å²) in [6, 6.07) is 10.8. The molecular formula is C14H10Br2S2. The number of halogens is 2. The van der Waals surface area contributed by atoms with E-state index >= 15 is 0 Å². The zero-order chi connectivity index (χ0) is 12.7. The van der Waals surface area contributed by atoms with Crippen LogP contribution in [0.4, 0.5) is 0 Å². The Bertz CT molecular complexity index is 697. The van der Waals surface area contributed by atoms with Gasteiger partial charge < -0.3 is 0 Å². The van der Waals surface area contributed by atoms with Gasteiger partial charge in [-0.25, -0.2) is 0 Å². The molecule has 3 aromatic rings. The number of thiophene rings is 2. The third-order valence-electron chi connectivity index (χ3n) is 2.98. The van der Waals surface area contributed by atoms with Crippen LogP contribution in [0.25, 0.3) is 10.1 Å². The number of hydrogen-bond donors (Lipinski definition) is 0. The summed E-state index contributed by atoms with van der Waals surface area (Å²) >= 11 is 11.0. The topological polar surface area (TPSA) is 0 Å². The first-order valence-corrected chi connectivity index (χ1v) is 8.93. The Morgan fingerprint density at radius 1 is 1.17 bits per heavy atom. The smallest absolute Gasteiger partial charge is 0.0704 e. The van der Waals surface area contributed by atoms with E-state index in [-0.39, 0.29) is 4.83 Å². The summed E-state index contributed by atoms with van der Waals surface area (Å²) < 4.78 is 2.54. The lowest BCUT2D eigenvalue weighted by Gasteiger charge is -2.08. The Morgan fingerprint density at radius 3 is 2.67 bits per heavy atom. The average molecular weight is 402 g/mol. The van der Waals surface area contributed by atoms with Gasteiger partial charge in [-0.15, -0.1) is 22.7 Å². The van der Waals surface area contributed by atoms with Gasteiger partial charge in [-0.3, -0.25) is 0 Å². The highest BCUT2D eigenvalue weighted by Crippen LogP contribution is 2.42. The van der Waals surface area contributed by atoms with Crippen LogP contribution in [0, 0.1) is 6.92 Å². The molecule has 0 nitrogen and oxygen atoms in total.